The van der Waals surface area contributed by atoms with E-state index in [1.165, 1.54) is 66.4 Å². The Morgan fingerprint density at radius 1 is 0.363 bits per heavy atom. The van der Waals surface area contributed by atoms with Crippen molar-refractivity contribution in [2.24, 2.45) is 0 Å². The number of aliphatic hydroxyl groups excluding tert-OH is 9. The number of rotatable bonds is 31. The number of aromatic amines is 5. The molecule has 16 N–H and O–H groups in total. The first-order chi connectivity index (χ1) is 57.3. The molecule has 5 aliphatic rings. The van der Waals surface area contributed by atoms with Crippen LogP contribution in [0, 0.1) is 9.54 Å². The number of aromatic nitrogens is 10. The van der Waals surface area contributed by atoms with Crippen LogP contribution in [0.3, 0.4) is 0 Å². The average molecular weight is 1880 g/mol. The van der Waals surface area contributed by atoms with E-state index in [1.54, 1.807) is 20.3 Å². The van der Waals surface area contributed by atoms with E-state index in [-0.39, 0.29) is 74.9 Å². The molecule has 20 atom stereocenters. The largest absolute Gasteiger partial charge is 0.388 e. The number of aliphatic hydroxyl groups is 9. The fraction of sp³-hybridized carbons (Fsp3) is 0.646. The van der Waals surface area contributed by atoms with E-state index in [1.807, 2.05) is 0 Å². The van der Waals surface area contributed by atoms with Crippen molar-refractivity contribution in [1.29, 1.82) is 0 Å². The molecule has 0 bridgehead atoms. The molecule has 45 heteroatoms. The Morgan fingerprint density at radius 3 is 0.831 bits per heavy atom. The number of nitrogens with one attached hydrogen (secondary N) is 7. The van der Waals surface area contributed by atoms with Crippen LogP contribution in [0.5, 0.6) is 0 Å². The van der Waals surface area contributed by atoms with Gasteiger partial charge in [-0.15, -0.1) is 65.9 Å². The van der Waals surface area contributed by atoms with Gasteiger partial charge in [-0.1, -0.05) is 0 Å². The number of nitrogens with zero attached hydrogens (tertiary/aromatic N) is 5. The number of carbonyl (C=O) groups excluding carboxylic acids is 3. The van der Waals surface area contributed by atoms with Crippen molar-refractivity contribution in [3.8, 4) is 0 Å². The zero-order valence-electron chi connectivity index (χ0n) is 73.3. The van der Waals surface area contributed by atoms with Gasteiger partial charge in [0, 0.05) is 98.3 Å². The second-order valence-electron chi connectivity index (χ2n) is 35.5. The van der Waals surface area contributed by atoms with Gasteiger partial charge in [0.1, 0.15) is 78.4 Å². The predicted molar refractivity (Wildman–Crippen MR) is 496 cm³/mol. The van der Waals surface area contributed by atoms with E-state index in [0.717, 1.165) is 39.9 Å². The topological polar surface area (TPSA) is 553 Å². The SMILES string of the molecule is C=P(C)(C)CCC1OC(n2cc(CC(C)=O)c(=O)[nH]c2=O)[C@H](O)[C@@H]1O.C=P(C)(C)CCC1OC(n2cc(CC(C)=O)c(=O)[nH]c2=O)[C@H](OC)[C@@H]1O.C=P(C)(C)CCC1OC(n2cc(CC(C)=O)c(=O)[nH]c2=S)[C@H](O)[C@@H]1O.C=P(C)(C)CCC1OC(n2cc(CNC)c(=O)[nH]c2=O)[C@H](O)[C@@H]1O.C=P(C)(C)CCC1OC(n2cc(CNC)c(=O)[nH]c2=S)[C@H](O)[C@@H]1O. The number of ether oxygens (including phenoxy) is 6. The number of Topliss-reactive ketones (excluding diaryl/α,β-unsaturated/α-hetero) is 3. The monoisotopic (exact) mass is 1880 g/mol. The molecule has 5 aliphatic heterocycles. The highest BCUT2D eigenvalue weighted by Crippen LogP contribution is 2.45. The minimum absolute atomic E-state index is 0.0417. The Kier molecular flexibility index (Phi) is 39.2. The summed E-state index contributed by atoms with van der Waals surface area (Å²) in [7, 11) is 4.84. The van der Waals surface area contributed by atoms with Crippen molar-refractivity contribution in [2.75, 3.05) is 119 Å². The lowest BCUT2D eigenvalue weighted by Crippen LogP contribution is -2.39. The van der Waals surface area contributed by atoms with Gasteiger partial charge in [0.2, 0.25) is 0 Å². The Balaban J connectivity index is 0.000000240. The maximum atomic E-state index is 12.3. The highest BCUT2D eigenvalue weighted by Gasteiger charge is 2.49. The predicted octanol–water partition coefficient (Wildman–Crippen LogP) is -0.499. The van der Waals surface area contributed by atoms with Crippen LogP contribution < -0.4 is 55.5 Å². The van der Waals surface area contributed by atoms with Crippen LogP contribution in [0.25, 0.3) is 0 Å². The molecule has 10 unspecified atom stereocenters. The lowest BCUT2D eigenvalue weighted by Gasteiger charge is -2.20. The highest BCUT2D eigenvalue weighted by atomic mass is 32.1. The van der Waals surface area contributed by atoms with Crippen molar-refractivity contribution in [3.63, 3.8) is 0 Å². The Hall–Kier alpha value is -5.93. The van der Waals surface area contributed by atoms with Crippen molar-refractivity contribution in [1.82, 2.24) is 58.4 Å². The molecule has 5 aromatic rings. The van der Waals surface area contributed by atoms with E-state index in [0.29, 0.717) is 49.8 Å². The third-order valence-corrected chi connectivity index (χ3v) is 28.6. The van der Waals surface area contributed by atoms with Gasteiger partial charge in [-0.2, -0.15) is 0 Å². The normalized spacial score (nSPS) is 26.9. The summed E-state index contributed by atoms with van der Waals surface area (Å²) in [4.78, 5) is 141. The molecule has 0 aliphatic carbocycles. The minimum Gasteiger partial charge on any atom is -0.388 e. The smallest absolute Gasteiger partial charge is 0.330 e. The average Bonchev–Trinajstić information content (AvgIpc) is 1.65. The number of hydrogen-bond acceptors (Lipinski definition) is 30. The molecular formula is C79H129N12O26P5S2. The van der Waals surface area contributed by atoms with Crippen LogP contribution in [0.15, 0.2) is 69.3 Å². The molecule has 38 nitrogen and oxygen atoms in total. The van der Waals surface area contributed by atoms with E-state index < -0.39 is 196 Å². The molecule has 5 saturated heterocycles. The summed E-state index contributed by atoms with van der Waals surface area (Å²) in [5.41, 5.74) is -3.25. The van der Waals surface area contributed by atoms with E-state index in [2.05, 4.69) is 134 Å². The Morgan fingerprint density at radius 2 is 0.573 bits per heavy atom. The second kappa shape index (κ2) is 45.6. The van der Waals surface area contributed by atoms with Crippen molar-refractivity contribution in [3.05, 3.63) is 152 Å². The van der Waals surface area contributed by atoms with E-state index in [4.69, 9.17) is 52.9 Å². The molecule has 5 fully saturated rings. The van der Waals surface area contributed by atoms with Gasteiger partial charge < -0.3 is 85.0 Å². The molecule has 0 aromatic carbocycles. The first kappa shape index (κ1) is 107. The summed E-state index contributed by atoms with van der Waals surface area (Å²) in [5, 5.41) is 98.6. The number of ketones is 3. The van der Waals surface area contributed by atoms with E-state index in [9.17, 15) is 98.7 Å². The Labute approximate surface area is 729 Å². The Bertz CT molecular complexity index is 5190. The lowest BCUT2D eigenvalue weighted by molar-refractivity contribution is -0.117. The quantitative estimate of drug-likeness (QED) is 0.0196. The highest BCUT2D eigenvalue weighted by molar-refractivity contribution is 7.73. The molecule has 0 spiro atoms. The van der Waals surface area contributed by atoms with Crippen molar-refractivity contribution < 1.29 is 88.8 Å². The molecule has 0 amide bonds. The van der Waals surface area contributed by atoms with Gasteiger partial charge in [-0.05, 0) is 189 Å². The second-order valence-corrected chi connectivity index (χ2v) is 57.8. The van der Waals surface area contributed by atoms with Crippen LogP contribution in [0.2, 0.25) is 0 Å². The molecule has 124 heavy (non-hydrogen) atoms. The van der Waals surface area contributed by atoms with Gasteiger partial charge in [-0.25, -0.2) is 14.4 Å². The summed E-state index contributed by atoms with van der Waals surface area (Å²) in [6.45, 7) is 19.2. The number of H-pyrrole nitrogens is 5. The fourth-order valence-electron chi connectivity index (χ4n) is 14.0. The number of carbonyl (C=O) groups is 3. The van der Waals surface area contributed by atoms with Crippen LogP contribution >= 0.6 is 58.9 Å². The van der Waals surface area contributed by atoms with Gasteiger partial charge in [-0.3, -0.25) is 86.1 Å². The van der Waals surface area contributed by atoms with Gasteiger partial charge >= 0.3 is 17.1 Å². The van der Waals surface area contributed by atoms with Gasteiger partial charge in [0.25, 0.3) is 27.8 Å². The molecule has 698 valence electrons. The first-order valence-corrected chi connectivity index (χ1v) is 56.2. The number of methoxy groups -OCH3 is 1. The summed E-state index contributed by atoms with van der Waals surface area (Å²) < 4.78 is 40.8. The minimum atomic E-state index is -1.32. The molecule has 0 saturated carbocycles. The third-order valence-electron chi connectivity index (χ3n) is 20.7. The first-order valence-electron chi connectivity index (χ1n) is 40.1. The molecular weight excluding hydrogens is 1750 g/mol. The van der Waals surface area contributed by atoms with E-state index >= 15 is 0 Å². The summed E-state index contributed by atoms with van der Waals surface area (Å²) in [5.74, 6) is -0.597. The fourth-order valence-corrected chi connectivity index (χ4v) is 19.3. The molecule has 10 rings (SSSR count). The summed E-state index contributed by atoms with van der Waals surface area (Å²) >= 11 is 10.3. The van der Waals surface area contributed by atoms with Gasteiger partial charge in [0.15, 0.2) is 40.7 Å². The van der Waals surface area contributed by atoms with Crippen LogP contribution in [-0.2, 0) is 75.2 Å². The molecule has 10 heterocycles. The van der Waals surface area contributed by atoms with Crippen molar-refractivity contribution >= 4 is 108 Å². The molecule has 5 aromatic heterocycles. The summed E-state index contributed by atoms with van der Waals surface area (Å²) in [6.07, 6.45) is 15.9. The van der Waals surface area contributed by atoms with Crippen LogP contribution in [-0.4, -0.2) is 353 Å². The summed E-state index contributed by atoms with van der Waals surface area (Å²) in [6, 6.07) is 0. The zero-order chi connectivity index (χ0) is 93.7. The van der Waals surface area contributed by atoms with Gasteiger partial charge in [0.05, 0.1) is 30.5 Å². The maximum Gasteiger partial charge on any atom is 0.330 e. The van der Waals surface area contributed by atoms with Crippen LogP contribution in [0.1, 0.15) is 112 Å². The molecule has 0 radical (unpaired) electrons. The lowest BCUT2D eigenvalue weighted by atomic mass is 10.1. The van der Waals surface area contributed by atoms with Crippen LogP contribution in [0.4, 0.5) is 0 Å². The third kappa shape index (κ3) is 30.6. The standard InChI is InChI=1S/C17H27N2O6P.C16H25N2O6P.C16H25N2O5PS.C15H26N3O5P.C15H26N3O4PS/c1-10(20)8-11-9-19(17(23)18-15(11)22)16-14(24-2)13(21)12(25-16)6-7-26(3,4)5;1-9(19)7-10-8-18(16(23)17-14(10)22)15-13(21)12(20)11(24-15)5-6-25(2,3)4;1-9(19)7-10-8-18(16(25)17-14(10)22)15-13(21)12(20)11(23-15)5-6-24(2,3)4;1-16-7-9-8-18(15(22)17-13(9)21)14-12(20)11(19)10(23-14)5-6-24(2,3)4;1-16-7-9-8-18(15(24)17-13(9)21)14-12(20)11(19)10(22-14)5-6-23(2,3)4/h9,12-14,16,21H,3,6-8H2,1-2,4-5H3,(H,18,22,23);8,11-13,15,20-21H,2,5-7H2,1,3-4H3,(H,17,22,23);8,11-13,15,20-21H,2,5-7H2,1,3-4H3,(H,17,22,25);8,10-12,14,16,19-20H,2,5-7H2,1,3-4H3,(H,17,21,22);8,10-12,14,16,19-20H,2,5-7H2,1,3-4H3,(H,17,21,24)/t12?,13-,14-,16?;2*11?,12-,13-,15?;2*10?,11-,12-,14?/m11111/s1. The number of hydrogen-bond donors (Lipinski definition) is 16. The van der Waals surface area contributed by atoms with Crippen molar-refractivity contribution in [2.45, 2.75) is 208 Å². The maximum absolute atomic E-state index is 12.3. The zero-order valence-corrected chi connectivity index (χ0v) is 79.4.